The Morgan fingerprint density at radius 2 is 2.19 bits per heavy atom. The summed E-state index contributed by atoms with van der Waals surface area (Å²) >= 11 is 0. The molecule has 0 spiro atoms. The SMILES string of the molecule is CNCC1CCn2c(nnc2C2CCC2)C1. The lowest BCUT2D eigenvalue weighted by atomic mass is 9.84. The number of nitrogens with one attached hydrogen (secondary N) is 1. The molecule has 88 valence electrons. The number of nitrogens with zero attached hydrogens (tertiary/aromatic N) is 3. The van der Waals surface area contributed by atoms with Crippen LogP contribution in [-0.4, -0.2) is 28.4 Å². The summed E-state index contributed by atoms with van der Waals surface area (Å²) in [6.45, 7) is 2.23. The quantitative estimate of drug-likeness (QED) is 0.835. The van der Waals surface area contributed by atoms with Gasteiger partial charge in [0.2, 0.25) is 0 Å². The smallest absolute Gasteiger partial charge is 0.136 e. The van der Waals surface area contributed by atoms with E-state index in [1.165, 1.54) is 37.3 Å². The van der Waals surface area contributed by atoms with Crippen molar-refractivity contribution in [3.63, 3.8) is 0 Å². The second kappa shape index (κ2) is 4.17. The summed E-state index contributed by atoms with van der Waals surface area (Å²) in [5, 5.41) is 12.0. The van der Waals surface area contributed by atoms with Gasteiger partial charge < -0.3 is 9.88 Å². The van der Waals surface area contributed by atoms with Crippen LogP contribution in [0, 0.1) is 5.92 Å². The monoisotopic (exact) mass is 220 g/mol. The van der Waals surface area contributed by atoms with Crippen LogP contribution in [0.3, 0.4) is 0 Å². The largest absolute Gasteiger partial charge is 0.319 e. The van der Waals surface area contributed by atoms with Crippen molar-refractivity contribution in [3.8, 4) is 0 Å². The molecule has 1 aromatic heterocycles. The van der Waals surface area contributed by atoms with Gasteiger partial charge in [0.05, 0.1) is 0 Å². The highest BCUT2D eigenvalue weighted by molar-refractivity contribution is 5.07. The van der Waals surface area contributed by atoms with Crippen molar-refractivity contribution in [2.24, 2.45) is 5.92 Å². The molecule has 4 nitrogen and oxygen atoms in total. The van der Waals surface area contributed by atoms with Crippen molar-refractivity contribution in [2.75, 3.05) is 13.6 Å². The van der Waals surface area contributed by atoms with E-state index in [4.69, 9.17) is 0 Å². The Kier molecular flexibility index (Phi) is 2.67. The minimum atomic E-state index is 0.710. The van der Waals surface area contributed by atoms with Gasteiger partial charge in [0.15, 0.2) is 0 Å². The van der Waals surface area contributed by atoms with Gasteiger partial charge in [-0.2, -0.15) is 0 Å². The Bertz CT molecular complexity index is 367. The lowest BCUT2D eigenvalue weighted by Gasteiger charge is -2.28. The highest BCUT2D eigenvalue weighted by Crippen LogP contribution is 2.36. The zero-order valence-corrected chi connectivity index (χ0v) is 9.95. The van der Waals surface area contributed by atoms with Gasteiger partial charge in [0.1, 0.15) is 11.6 Å². The van der Waals surface area contributed by atoms with E-state index in [0.29, 0.717) is 5.92 Å². The fraction of sp³-hybridized carbons (Fsp3) is 0.833. The van der Waals surface area contributed by atoms with Crippen molar-refractivity contribution >= 4 is 0 Å². The van der Waals surface area contributed by atoms with Crippen molar-refractivity contribution in [1.29, 1.82) is 0 Å². The molecule has 1 N–H and O–H groups in total. The Labute approximate surface area is 96.4 Å². The molecular formula is C12H20N4. The van der Waals surface area contributed by atoms with E-state index in [-0.39, 0.29) is 0 Å². The molecule has 2 aliphatic rings. The molecule has 1 atom stereocenters. The number of aromatic nitrogens is 3. The summed E-state index contributed by atoms with van der Waals surface area (Å²) in [7, 11) is 2.03. The summed E-state index contributed by atoms with van der Waals surface area (Å²) in [6, 6.07) is 0. The predicted molar refractivity (Wildman–Crippen MR) is 62.4 cm³/mol. The third-order valence-corrected chi connectivity index (χ3v) is 4.05. The third-order valence-electron chi connectivity index (χ3n) is 4.05. The minimum Gasteiger partial charge on any atom is -0.319 e. The molecule has 1 fully saturated rings. The highest BCUT2D eigenvalue weighted by atomic mass is 15.3. The van der Waals surface area contributed by atoms with E-state index in [0.717, 1.165) is 25.4 Å². The summed E-state index contributed by atoms with van der Waals surface area (Å²) in [5.41, 5.74) is 0. The molecule has 0 bridgehead atoms. The van der Waals surface area contributed by atoms with Gasteiger partial charge in [-0.25, -0.2) is 0 Å². The zero-order chi connectivity index (χ0) is 11.0. The van der Waals surface area contributed by atoms with Crippen LogP contribution in [0.15, 0.2) is 0 Å². The zero-order valence-electron chi connectivity index (χ0n) is 9.95. The molecule has 0 aromatic carbocycles. The van der Waals surface area contributed by atoms with E-state index in [1.807, 2.05) is 7.05 Å². The summed E-state index contributed by atoms with van der Waals surface area (Å²) in [5.74, 6) is 3.94. The molecule has 0 saturated heterocycles. The Hall–Kier alpha value is -0.900. The fourth-order valence-corrected chi connectivity index (χ4v) is 2.85. The topological polar surface area (TPSA) is 42.7 Å². The molecular weight excluding hydrogens is 200 g/mol. The van der Waals surface area contributed by atoms with E-state index in [9.17, 15) is 0 Å². The normalized spacial score (nSPS) is 25.2. The predicted octanol–water partition coefficient (Wildman–Crippen LogP) is 1.33. The first-order valence-electron chi connectivity index (χ1n) is 6.45. The summed E-state index contributed by atoms with van der Waals surface area (Å²) in [4.78, 5) is 0. The lowest BCUT2D eigenvalue weighted by Crippen LogP contribution is -2.29. The average molecular weight is 220 g/mol. The second-order valence-corrected chi connectivity index (χ2v) is 5.17. The van der Waals surface area contributed by atoms with Crippen LogP contribution < -0.4 is 5.32 Å². The van der Waals surface area contributed by atoms with E-state index < -0.39 is 0 Å². The summed E-state index contributed by atoms with van der Waals surface area (Å²) < 4.78 is 2.38. The molecule has 1 saturated carbocycles. The highest BCUT2D eigenvalue weighted by Gasteiger charge is 2.29. The van der Waals surface area contributed by atoms with Gasteiger partial charge in [0.25, 0.3) is 0 Å². The molecule has 1 unspecified atom stereocenters. The van der Waals surface area contributed by atoms with E-state index in [2.05, 4.69) is 20.1 Å². The average Bonchev–Trinajstić information content (AvgIpc) is 2.60. The van der Waals surface area contributed by atoms with Crippen molar-refractivity contribution in [2.45, 2.75) is 44.6 Å². The Morgan fingerprint density at radius 3 is 2.88 bits per heavy atom. The lowest BCUT2D eigenvalue weighted by molar-refractivity contribution is 0.340. The van der Waals surface area contributed by atoms with Crippen molar-refractivity contribution in [1.82, 2.24) is 20.1 Å². The molecule has 0 amide bonds. The molecule has 1 aliphatic carbocycles. The first-order chi connectivity index (χ1) is 7.88. The maximum absolute atomic E-state index is 4.41. The van der Waals surface area contributed by atoms with Gasteiger partial charge in [0, 0.05) is 18.9 Å². The van der Waals surface area contributed by atoms with Gasteiger partial charge in [-0.3, -0.25) is 0 Å². The Morgan fingerprint density at radius 1 is 1.31 bits per heavy atom. The van der Waals surface area contributed by atoms with Crippen molar-refractivity contribution < 1.29 is 0 Å². The molecule has 2 heterocycles. The van der Waals surface area contributed by atoms with Crippen LogP contribution in [-0.2, 0) is 13.0 Å². The maximum Gasteiger partial charge on any atom is 0.136 e. The second-order valence-electron chi connectivity index (χ2n) is 5.17. The Balaban J connectivity index is 1.77. The molecule has 4 heteroatoms. The van der Waals surface area contributed by atoms with Crippen molar-refractivity contribution in [3.05, 3.63) is 11.6 Å². The van der Waals surface area contributed by atoms with Crippen LogP contribution in [0.1, 0.15) is 43.3 Å². The van der Waals surface area contributed by atoms with Crippen LogP contribution in [0.4, 0.5) is 0 Å². The molecule has 16 heavy (non-hydrogen) atoms. The number of hydrogen-bond donors (Lipinski definition) is 1. The molecule has 0 radical (unpaired) electrons. The van der Waals surface area contributed by atoms with E-state index in [1.54, 1.807) is 0 Å². The van der Waals surface area contributed by atoms with Crippen LogP contribution in [0.2, 0.25) is 0 Å². The number of hydrogen-bond acceptors (Lipinski definition) is 3. The van der Waals surface area contributed by atoms with Crippen LogP contribution in [0.25, 0.3) is 0 Å². The first kappa shape index (κ1) is 10.3. The molecule has 1 aliphatic heterocycles. The maximum atomic E-state index is 4.41. The summed E-state index contributed by atoms with van der Waals surface area (Å²) in [6.07, 6.45) is 6.37. The van der Waals surface area contributed by atoms with Gasteiger partial charge >= 0.3 is 0 Å². The van der Waals surface area contributed by atoms with Crippen LogP contribution >= 0.6 is 0 Å². The third kappa shape index (κ3) is 1.65. The van der Waals surface area contributed by atoms with Crippen LogP contribution in [0.5, 0.6) is 0 Å². The van der Waals surface area contributed by atoms with E-state index >= 15 is 0 Å². The van der Waals surface area contributed by atoms with Gasteiger partial charge in [-0.1, -0.05) is 6.42 Å². The van der Waals surface area contributed by atoms with Gasteiger partial charge in [-0.15, -0.1) is 10.2 Å². The standard InChI is InChI=1S/C12H20N4/c1-13-8-9-5-6-16-11(7-9)14-15-12(16)10-3-2-4-10/h9-10,13H,2-8H2,1H3. The fourth-order valence-electron chi connectivity index (χ4n) is 2.85. The number of rotatable bonds is 3. The number of fused-ring (bicyclic) bond motifs is 1. The minimum absolute atomic E-state index is 0.710. The van der Waals surface area contributed by atoms with Gasteiger partial charge in [-0.05, 0) is 38.8 Å². The molecule has 3 rings (SSSR count). The molecule has 1 aromatic rings. The first-order valence-corrected chi connectivity index (χ1v) is 6.45.